The molecule has 0 amide bonds. The highest BCUT2D eigenvalue weighted by atomic mass is 19.4. The summed E-state index contributed by atoms with van der Waals surface area (Å²) in [5, 5.41) is 0. The zero-order valence-corrected chi connectivity index (χ0v) is 8.18. The van der Waals surface area contributed by atoms with Gasteiger partial charge in [-0.2, -0.15) is 26.3 Å². The first-order valence-electron chi connectivity index (χ1n) is 4.17. The average molecular weight is 280 g/mol. The van der Waals surface area contributed by atoms with E-state index in [9.17, 15) is 35.3 Å². The number of hydrogen-bond acceptors (Lipinski definition) is 2. The summed E-state index contributed by atoms with van der Waals surface area (Å²) in [6.07, 6.45) is -10.3. The smallest absolute Gasteiger partial charge is 0.224 e. The molecule has 0 bridgehead atoms. The number of alkyl halides is 6. The Labute approximate surface area is 94.5 Å². The molecular formula is C8H4F8N2. The van der Waals surface area contributed by atoms with Gasteiger partial charge in [0.25, 0.3) is 0 Å². The first-order valence-corrected chi connectivity index (χ1v) is 4.17. The van der Waals surface area contributed by atoms with Crippen LogP contribution in [0.4, 0.5) is 46.7 Å². The highest BCUT2D eigenvalue weighted by molar-refractivity contribution is 5.64. The monoisotopic (exact) mass is 280 g/mol. The largest absolute Gasteiger partial charge is 0.418 e. The fourth-order valence-electron chi connectivity index (χ4n) is 1.23. The Bertz CT molecular complexity index is 394. The van der Waals surface area contributed by atoms with Gasteiger partial charge in [-0.25, -0.2) is 11.1 Å². The Morgan fingerprint density at radius 1 is 0.667 bits per heavy atom. The first kappa shape index (κ1) is 14.3. The standard InChI is InChI=1S/C8H4F8N2/c9-7(10,11)3-1-5(17-15)4(8(12,13)14)2-6(3)18-16/h1-2,17-18H. The van der Waals surface area contributed by atoms with Gasteiger partial charge in [0.1, 0.15) is 0 Å². The molecular weight excluding hydrogens is 276 g/mol. The molecule has 0 atom stereocenters. The summed E-state index contributed by atoms with van der Waals surface area (Å²) in [6, 6.07) is -0.352. The Balaban J connectivity index is 3.52. The van der Waals surface area contributed by atoms with Gasteiger partial charge in [-0.15, -0.1) is 8.96 Å². The van der Waals surface area contributed by atoms with Crippen molar-refractivity contribution in [1.82, 2.24) is 0 Å². The topological polar surface area (TPSA) is 24.1 Å². The number of halogens is 8. The van der Waals surface area contributed by atoms with Gasteiger partial charge in [-0.05, 0) is 12.1 Å². The van der Waals surface area contributed by atoms with E-state index < -0.39 is 34.9 Å². The van der Waals surface area contributed by atoms with Gasteiger partial charge < -0.3 is 0 Å². The van der Waals surface area contributed by atoms with Gasteiger partial charge in [0.2, 0.25) is 0 Å². The molecule has 18 heavy (non-hydrogen) atoms. The van der Waals surface area contributed by atoms with Gasteiger partial charge in [0.15, 0.2) is 0 Å². The Morgan fingerprint density at radius 3 is 1.11 bits per heavy atom. The number of rotatable bonds is 2. The molecule has 2 nitrogen and oxygen atoms in total. The molecule has 0 unspecified atom stereocenters. The second-order valence-corrected chi connectivity index (χ2v) is 3.13. The molecule has 0 spiro atoms. The van der Waals surface area contributed by atoms with Crippen LogP contribution in [0.3, 0.4) is 0 Å². The van der Waals surface area contributed by atoms with Crippen molar-refractivity contribution in [2.75, 3.05) is 11.1 Å². The molecule has 0 aliphatic heterocycles. The van der Waals surface area contributed by atoms with Crippen LogP contribution >= 0.6 is 0 Å². The Morgan fingerprint density at radius 2 is 0.944 bits per heavy atom. The second kappa shape index (κ2) is 4.50. The van der Waals surface area contributed by atoms with E-state index in [0.717, 1.165) is 0 Å². The van der Waals surface area contributed by atoms with Crippen LogP contribution in [0.15, 0.2) is 12.1 Å². The second-order valence-electron chi connectivity index (χ2n) is 3.13. The van der Waals surface area contributed by atoms with Crippen LogP contribution in [0.2, 0.25) is 0 Å². The van der Waals surface area contributed by atoms with E-state index >= 15 is 0 Å². The SMILES string of the molecule is FNc1cc(C(F)(F)F)c(NF)cc1C(F)(F)F. The number of benzene rings is 1. The van der Waals surface area contributed by atoms with Crippen molar-refractivity contribution in [1.29, 1.82) is 0 Å². The fraction of sp³-hybridized carbons (Fsp3) is 0.250. The third kappa shape index (κ3) is 2.74. The first-order chi connectivity index (χ1) is 8.11. The number of anilines is 2. The van der Waals surface area contributed by atoms with Crippen molar-refractivity contribution in [3.8, 4) is 0 Å². The van der Waals surface area contributed by atoms with Gasteiger partial charge >= 0.3 is 12.4 Å². The molecule has 0 aromatic heterocycles. The summed E-state index contributed by atoms with van der Waals surface area (Å²) in [6.45, 7) is 0. The Kier molecular flexibility index (Phi) is 3.58. The lowest BCUT2D eigenvalue weighted by molar-refractivity contribution is -0.140. The minimum Gasteiger partial charge on any atom is -0.224 e. The molecule has 10 heteroatoms. The maximum atomic E-state index is 12.3. The summed E-state index contributed by atoms with van der Waals surface area (Å²) in [5.41, 5.74) is -5.44. The van der Waals surface area contributed by atoms with Crippen molar-refractivity contribution in [3.05, 3.63) is 23.3 Å². The molecule has 0 saturated carbocycles. The Hall–Kier alpha value is -1.74. The molecule has 0 aliphatic rings. The van der Waals surface area contributed by atoms with E-state index in [4.69, 9.17) is 0 Å². The summed E-state index contributed by atoms with van der Waals surface area (Å²) in [4.78, 5) is 0. The molecule has 0 saturated heterocycles. The minimum atomic E-state index is -5.13. The third-order valence-corrected chi connectivity index (χ3v) is 1.97. The number of nitrogens with one attached hydrogen (secondary N) is 2. The molecule has 2 N–H and O–H groups in total. The van der Waals surface area contributed by atoms with Crippen molar-refractivity contribution in [2.45, 2.75) is 12.4 Å². The van der Waals surface area contributed by atoms with Gasteiger partial charge in [-0.3, -0.25) is 0 Å². The number of hydrogen-bond donors (Lipinski definition) is 2. The van der Waals surface area contributed by atoms with Gasteiger partial charge in [0.05, 0.1) is 22.5 Å². The van der Waals surface area contributed by atoms with Crippen molar-refractivity contribution < 1.29 is 35.3 Å². The zero-order valence-electron chi connectivity index (χ0n) is 8.18. The summed E-state index contributed by atoms with van der Waals surface area (Å²) in [5.74, 6) is 0. The lowest BCUT2D eigenvalue weighted by atomic mass is 10.1. The van der Waals surface area contributed by atoms with Crippen LogP contribution in [-0.2, 0) is 12.4 Å². The van der Waals surface area contributed by atoms with Crippen LogP contribution in [0, 0.1) is 0 Å². The molecule has 0 radical (unpaired) electrons. The fourth-order valence-corrected chi connectivity index (χ4v) is 1.23. The molecule has 102 valence electrons. The van der Waals surface area contributed by atoms with Crippen molar-refractivity contribution >= 4 is 11.4 Å². The summed E-state index contributed by atoms with van der Waals surface area (Å²) >= 11 is 0. The quantitative estimate of drug-likeness (QED) is 0.622. The van der Waals surface area contributed by atoms with E-state index in [1.807, 2.05) is 0 Å². The van der Waals surface area contributed by atoms with Crippen molar-refractivity contribution in [2.24, 2.45) is 0 Å². The van der Waals surface area contributed by atoms with Gasteiger partial charge in [0, 0.05) is 0 Å². The highest BCUT2D eigenvalue weighted by Gasteiger charge is 2.40. The normalized spacial score (nSPS) is 12.4. The van der Waals surface area contributed by atoms with E-state index in [2.05, 4.69) is 0 Å². The van der Waals surface area contributed by atoms with Gasteiger partial charge in [-0.1, -0.05) is 0 Å². The predicted octanol–water partition coefficient (Wildman–Crippen LogP) is 4.32. The molecule has 1 rings (SSSR count). The van der Waals surface area contributed by atoms with Crippen LogP contribution in [0.5, 0.6) is 0 Å². The molecule has 0 heterocycles. The molecule has 0 aliphatic carbocycles. The van der Waals surface area contributed by atoms with E-state index in [0.29, 0.717) is 11.1 Å². The minimum absolute atomic E-state index is 0.176. The highest BCUT2D eigenvalue weighted by Crippen LogP contribution is 2.43. The van der Waals surface area contributed by atoms with Crippen molar-refractivity contribution in [3.63, 3.8) is 0 Å². The van der Waals surface area contributed by atoms with E-state index in [1.165, 1.54) is 0 Å². The van der Waals surface area contributed by atoms with Crippen LogP contribution < -0.4 is 11.1 Å². The molecule has 0 fully saturated rings. The van der Waals surface area contributed by atoms with Crippen LogP contribution in [0.1, 0.15) is 11.1 Å². The maximum Gasteiger partial charge on any atom is 0.418 e. The lowest BCUT2D eigenvalue weighted by Crippen LogP contribution is -2.13. The third-order valence-electron chi connectivity index (χ3n) is 1.97. The summed E-state index contributed by atoms with van der Waals surface area (Å²) < 4.78 is 98.2. The summed E-state index contributed by atoms with van der Waals surface area (Å²) in [7, 11) is 0. The molecule has 1 aromatic carbocycles. The van der Waals surface area contributed by atoms with E-state index in [1.54, 1.807) is 0 Å². The maximum absolute atomic E-state index is 12.3. The van der Waals surface area contributed by atoms with E-state index in [-0.39, 0.29) is 12.1 Å². The van der Waals surface area contributed by atoms with Crippen LogP contribution in [-0.4, -0.2) is 0 Å². The lowest BCUT2D eigenvalue weighted by Gasteiger charge is -2.17. The zero-order chi connectivity index (χ0) is 14.1. The van der Waals surface area contributed by atoms with Crippen LogP contribution in [0.25, 0.3) is 0 Å². The molecule has 1 aromatic rings. The average Bonchev–Trinajstić information content (AvgIpc) is 2.24. The predicted molar refractivity (Wildman–Crippen MR) is 45.9 cm³/mol.